The summed E-state index contributed by atoms with van der Waals surface area (Å²) in [7, 11) is 2.15. The molecule has 0 saturated heterocycles. The fourth-order valence-corrected chi connectivity index (χ4v) is 2.69. The highest BCUT2D eigenvalue weighted by atomic mass is 32.2. The molecule has 1 heterocycles. The monoisotopic (exact) mass is 179 g/mol. The third-order valence-corrected chi connectivity index (χ3v) is 3.58. The van der Waals surface area contributed by atoms with Crippen molar-refractivity contribution in [1.29, 1.82) is 0 Å². The number of hydrogen-bond donors (Lipinski definition) is 0. The summed E-state index contributed by atoms with van der Waals surface area (Å²) in [4.78, 5) is 3.74. The van der Waals surface area contributed by atoms with Crippen LogP contribution in [0, 0.1) is 6.92 Å². The van der Waals surface area contributed by atoms with Gasteiger partial charge in [0.1, 0.15) is 0 Å². The van der Waals surface area contributed by atoms with Crippen LogP contribution in [0.25, 0.3) is 0 Å². The maximum atomic E-state index is 2.32. The molecule has 0 bridgehead atoms. The van der Waals surface area contributed by atoms with Gasteiger partial charge in [0.15, 0.2) is 0 Å². The van der Waals surface area contributed by atoms with Gasteiger partial charge in [-0.05, 0) is 31.5 Å². The number of anilines is 1. The van der Waals surface area contributed by atoms with Gasteiger partial charge >= 0.3 is 0 Å². The van der Waals surface area contributed by atoms with Crippen molar-refractivity contribution in [3.63, 3.8) is 0 Å². The van der Waals surface area contributed by atoms with Gasteiger partial charge in [0.25, 0.3) is 0 Å². The number of benzene rings is 1. The summed E-state index contributed by atoms with van der Waals surface area (Å²) in [5, 5.41) is 0.585. The van der Waals surface area contributed by atoms with Crippen LogP contribution in [-0.4, -0.2) is 12.4 Å². The average Bonchev–Trinajstić information content (AvgIpc) is 2.28. The van der Waals surface area contributed by atoms with Crippen molar-refractivity contribution >= 4 is 17.4 Å². The van der Waals surface area contributed by atoms with Crippen LogP contribution < -0.4 is 4.90 Å². The summed E-state index contributed by atoms with van der Waals surface area (Å²) in [6, 6.07) is 6.65. The molecule has 2 rings (SSSR count). The molecule has 1 aliphatic rings. The summed E-state index contributed by atoms with van der Waals surface area (Å²) < 4.78 is 0. The first-order valence-corrected chi connectivity index (χ1v) is 5.06. The van der Waals surface area contributed by atoms with Crippen molar-refractivity contribution in [2.45, 2.75) is 24.1 Å². The van der Waals surface area contributed by atoms with Crippen LogP contribution in [0.4, 0.5) is 5.69 Å². The van der Waals surface area contributed by atoms with Crippen LogP contribution in [0.5, 0.6) is 0 Å². The van der Waals surface area contributed by atoms with Gasteiger partial charge in [-0.1, -0.05) is 17.8 Å². The van der Waals surface area contributed by atoms with E-state index in [1.54, 1.807) is 0 Å². The summed E-state index contributed by atoms with van der Waals surface area (Å²) in [5.74, 6) is 0. The second kappa shape index (κ2) is 2.70. The van der Waals surface area contributed by atoms with E-state index in [-0.39, 0.29) is 0 Å². The van der Waals surface area contributed by atoms with Crippen LogP contribution in [0.2, 0.25) is 0 Å². The largest absolute Gasteiger partial charge is 0.362 e. The molecule has 0 saturated carbocycles. The maximum absolute atomic E-state index is 2.32. The predicted octanol–water partition coefficient (Wildman–Crippen LogP) is 2.88. The lowest BCUT2D eigenvalue weighted by Crippen LogP contribution is -2.20. The standard InChI is InChI=1S/C10H13NS/c1-7-4-5-9-10(6-7)12-8(2)11(9)3/h4-6,8H,1-3H3. The smallest absolute Gasteiger partial charge is 0.0766 e. The van der Waals surface area contributed by atoms with Gasteiger partial charge in [-0.3, -0.25) is 0 Å². The molecule has 0 spiro atoms. The SMILES string of the molecule is Cc1ccc2c(c1)SC(C)N2C. The van der Waals surface area contributed by atoms with Crippen molar-refractivity contribution < 1.29 is 0 Å². The maximum Gasteiger partial charge on any atom is 0.0766 e. The lowest BCUT2D eigenvalue weighted by molar-refractivity contribution is 0.923. The van der Waals surface area contributed by atoms with Gasteiger partial charge in [-0.25, -0.2) is 0 Å². The Bertz CT molecular complexity index is 309. The molecule has 0 fully saturated rings. The van der Waals surface area contributed by atoms with E-state index < -0.39 is 0 Å². The predicted molar refractivity (Wildman–Crippen MR) is 54.9 cm³/mol. The minimum atomic E-state index is 0.585. The molecule has 0 aliphatic carbocycles. The van der Waals surface area contributed by atoms with Crippen molar-refractivity contribution in [3.05, 3.63) is 23.8 Å². The molecule has 1 aromatic rings. The first kappa shape index (κ1) is 7.99. The fraction of sp³-hybridized carbons (Fsp3) is 0.400. The third kappa shape index (κ3) is 1.11. The van der Waals surface area contributed by atoms with E-state index in [2.05, 4.69) is 44.0 Å². The average molecular weight is 179 g/mol. The van der Waals surface area contributed by atoms with Gasteiger partial charge in [-0.15, -0.1) is 0 Å². The van der Waals surface area contributed by atoms with Gasteiger partial charge in [0, 0.05) is 11.9 Å². The Morgan fingerprint density at radius 1 is 1.42 bits per heavy atom. The highest BCUT2D eigenvalue weighted by molar-refractivity contribution is 8.00. The lowest BCUT2D eigenvalue weighted by Gasteiger charge is -2.16. The second-order valence-corrected chi connectivity index (χ2v) is 4.66. The second-order valence-electron chi connectivity index (χ2n) is 3.30. The van der Waals surface area contributed by atoms with Crippen molar-refractivity contribution in [3.8, 4) is 0 Å². The van der Waals surface area contributed by atoms with E-state index in [4.69, 9.17) is 0 Å². The van der Waals surface area contributed by atoms with Crippen LogP contribution in [-0.2, 0) is 0 Å². The van der Waals surface area contributed by atoms with E-state index in [1.165, 1.54) is 16.1 Å². The molecule has 2 heteroatoms. The molecule has 64 valence electrons. The number of fused-ring (bicyclic) bond motifs is 1. The molecule has 0 radical (unpaired) electrons. The molecule has 1 nitrogen and oxygen atoms in total. The van der Waals surface area contributed by atoms with Crippen molar-refractivity contribution in [2.75, 3.05) is 11.9 Å². The van der Waals surface area contributed by atoms with E-state index in [0.29, 0.717) is 5.37 Å². The molecule has 1 atom stereocenters. The fourth-order valence-electron chi connectivity index (χ4n) is 1.47. The molecular weight excluding hydrogens is 166 g/mol. The molecule has 1 aromatic carbocycles. The topological polar surface area (TPSA) is 3.24 Å². The van der Waals surface area contributed by atoms with Crippen LogP contribution >= 0.6 is 11.8 Å². The molecule has 1 unspecified atom stereocenters. The summed E-state index contributed by atoms with van der Waals surface area (Å²) in [5.41, 5.74) is 2.72. The zero-order valence-electron chi connectivity index (χ0n) is 7.66. The van der Waals surface area contributed by atoms with Gasteiger partial charge in [-0.2, -0.15) is 0 Å². The molecule has 0 aromatic heterocycles. The van der Waals surface area contributed by atoms with Crippen LogP contribution in [0.3, 0.4) is 0 Å². The van der Waals surface area contributed by atoms with Crippen LogP contribution in [0.15, 0.2) is 23.1 Å². The van der Waals surface area contributed by atoms with Gasteiger partial charge in [0.05, 0.1) is 11.1 Å². The molecule has 0 amide bonds. The van der Waals surface area contributed by atoms with Crippen molar-refractivity contribution in [1.82, 2.24) is 0 Å². The molecule has 0 N–H and O–H groups in total. The van der Waals surface area contributed by atoms with E-state index in [1.807, 2.05) is 11.8 Å². The number of rotatable bonds is 0. The minimum absolute atomic E-state index is 0.585. The Morgan fingerprint density at radius 3 is 2.92 bits per heavy atom. The normalized spacial score (nSPS) is 21.2. The minimum Gasteiger partial charge on any atom is -0.362 e. The van der Waals surface area contributed by atoms with Crippen LogP contribution in [0.1, 0.15) is 12.5 Å². The quantitative estimate of drug-likeness (QED) is 0.602. The summed E-state index contributed by atoms with van der Waals surface area (Å²) in [6.45, 7) is 4.38. The zero-order valence-corrected chi connectivity index (χ0v) is 8.48. The summed E-state index contributed by atoms with van der Waals surface area (Å²) >= 11 is 1.94. The molecule has 12 heavy (non-hydrogen) atoms. The molecule has 1 aliphatic heterocycles. The van der Waals surface area contributed by atoms with Crippen molar-refractivity contribution in [2.24, 2.45) is 0 Å². The number of nitrogens with zero attached hydrogens (tertiary/aromatic N) is 1. The first-order valence-electron chi connectivity index (χ1n) is 4.18. The number of hydrogen-bond acceptors (Lipinski definition) is 2. The summed E-state index contributed by atoms with van der Waals surface area (Å²) in [6.07, 6.45) is 0. The van der Waals surface area contributed by atoms with Gasteiger partial charge in [0.2, 0.25) is 0 Å². The lowest BCUT2D eigenvalue weighted by atomic mass is 10.2. The van der Waals surface area contributed by atoms with Gasteiger partial charge < -0.3 is 4.90 Å². The third-order valence-electron chi connectivity index (χ3n) is 2.34. The van der Waals surface area contributed by atoms with E-state index >= 15 is 0 Å². The van der Waals surface area contributed by atoms with E-state index in [0.717, 1.165) is 0 Å². The molecular formula is C10H13NS. The highest BCUT2D eigenvalue weighted by Gasteiger charge is 2.22. The zero-order chi connectivity index (χ0) is 8.72. The number of thioether (sulfide) groups is 1. The number of aryl methyl sites for hydroxylation is 1. The first-order chi connectivity index (χ1) is 5.68. The van der Waals surface area contributed by atoms with E-state index in [9.17, 15) is 0 Å². The Labute approximate surface area is 77.8 Å². The Balaban J connectivity index is 2.47. The Hall–Kier alpha value is -0.630. The highest BCUT2D eigenvalue weighted by Crippen LogP contribution is 2.42. The Kier molecular flexibility index (Phi) is 1.80. The Morgan fingerprint density at radius 2 is 2.17 bits per heavy atom.